The Bertz CT molecular complexity index is 862. The third-order valence-corrected chi connectivity index (χ3v) is 4.73. The number of nitrogens with one attached hydrogen (secondary N) is 1. The minimum absolute atomic E-state index is 0.179. The van der Waals surface area contributed by atoms with E-state index in [1.165, 1.54) is 31.0 Å². The number of benzene rings is 1. The lowest BCUT2D eigenvalue weighted by molar-refractivity contribution is 0.601. The lowest BCUT2D eigenvalue weighted by atomic mass is 10.4. The molecule has 0 amide bonds. The van der Waals surface area contributed by atoms with Gasteiger partial charge >= 0.3 is 0 Å². The Balaban J connectivity index is 1.82. The maximum Gasteiger partial charge on any atom is 0.261 e. The van der Waals surface area contributed by atoms with Crippen molar-refractivity contribution >= 4 is 31.6 Å². The minimum atomic E-state index is -3.64. The first-order valence-corrected chi connectivity index (χ1v) is 8.42. The van der Waals surface area contributed by atoms with Gasteiger partial charge in [-0.05, 0) is 36.4 Å². The predicted molar refractivity (Wildman–Crippen MR) is 84.1 cm³/mol. The second-order valence-electron chi connectivity index (χ2n) is 4.33. The molecule has 0 aliphatic heterocycles. The average Bonchev–Trinajstić information content (AvgIpc) is 3.02. The van der Waals surface area contributed by atoms with Crippen LogP contribution in [0.1, 0.15) is 0 Å². The van der Waals surface area contributed by atoms with Crippen LogP contribution >= 0.6 is 15.9 Å². The zero-order valence-corrected chi connectivity index (χ0v) is 13.5. The fraction of sp³-hybridized carbons (Fsp3) is 0. The van der Waals surface area contributed by atoms with Gasteiger partial charge in [0.05, 0.1) is 16.8 Å². The van der Waals surface area contributed by atoms with Gasteiger partial charge in [0.2, 0.25) is 0 Å². The van der Waals surface area contributed by atoms with E-state index in [9.17, 15) is 8.42 Å². The van der Waals surface area contributed by atoms with E-state index in [-0.39, 0.29) is 4.90 Å². The number of hydrogen-bond acceptors (Lipinski definition) is 5. The van der Waals surface area contributed by atoms with Crippen LogP contribution < -0.4 is 4.72 Å². The molecular formula is C13H10BrN5O2S. The molecule has 9 heteroatoms. The topological polar surface area (TPSA) is 89.8 Å². The number of rotatable bonds is 4. The largest absolute Gasteiger partial charge is 0.278 e. The molecule has 0 unspecified atom stereocenters. The maximum absolute atomic E-state index is 12.2. The standard InChI is InChI=1S/C13H10BrN5O2S/c14-10-1-4-12(5-2-10)22(20,21)18-11-3-6-13(15-7-11)19-8-16-17-9-19/h1-9,18H. The second kappa shape index (κ2) is 5.85. The van der Waals surface area contributed by atoms with Crippen LogP contribution in [-0.4, -0.2) is 28.2 Å². The van der Waals surface area contributed by atoms with Gasteiger partial charge in [-0.3, -0.25) is 9.29 Å². The van der Waals surface area contributed by atoms with Gasteiger partial charge in [-0.25, -0.2) is 13.4 Å². The molecule has 0 spiro atoms. The van der Waals surface area contributed by atoms with Crippen molar-refractivity contribution in [1.29, 1.82) is 0 Å². The predicted octanol–water partition coefficient (Wildman–Crippen LogP) is 2.23. The van der Waals surface area contributed by atoms with Crippen LogP contribution in [0, 0.1) is 0 Å². The van der Waals surface area contributed by atoms with E-state index in [4.69, 9.17) is 0 Å². The van der Waals surface area contributed by atoms with Crippen molar-refractivity contribution in [2.24, 2.45) is 0 Å². The molecule has 1 aromatic carbocycles. The van der Waals surface area contributed by atoms with Crippen molar-refractivity contribution < 1.29 is 8.42 Å². The first-order chi connectivity index (χ1) is 10.5. The van der Waals surface area contributed by atoms with Gasteiger partial charge in [-0.1, -0.05) is 15.9 Å². The van der Waals surface area contributed by atoms with Crippen molar-refractivity contribution in [1.82, 2.24) is 19.7 Å². The molecule has 1 N–H and O–H groups in total. The van der Waals surface area contributed by atoms with Crippen LogP contribution in [-0.2, 0) is 10.0 Å². The van der Waals surface area contributed by atoms with Gasteiger partial charge in [-0.2, -0.15) is 0 Å². The molecule has 3 aromatic rings. The molecule has 0 saturated heterocycles. The van der Waals surface area contributed by atoms with Gasteiger partial charge in [-0.15, -0.1) is 10.2 Å². The van der Waals surface area contributed by atoms with E-state index in [1.54, 1.807) is 28.8 Å². The van der Waals surface area contributed by atoms with Gasteiger partial charge in [0.1, 0.15) is 18.5 Å². The van der Waals surface area contributed by atoms with Crippen molar-refractivity contribution in [3.63, 3.8) is 0 Å². The Morgan fingerprint density at radius 1 is 1.00 bits per heavy atom. The molecule has 0 radical (unpaired) electrons. The van der Waals surface area contributed by atoms with E-state index in [2.05, 4.69) is 35.8 Å². The molecule has 0 aliphatic carbocycles. The van der Waals surface area contributed by atoms with Crippen LogP contribution in [0.2, 0.25) is 0 Å². The van der Waals surface area contributed by atoms with E-state index >= 15 is 0 Å². The summed E-state index contributed by atoms with van der Waals surface area (Å²) < 4.78 is 29.4. The Hall–Kier alpha value is -2.26. The zero-order valence-electron chi connectivity index (χ0n) is 11.1. The summed E-state index contributed by atoms with van der Waals surface area (Å²) in [5.41, 5.74) is 0.375. The first-order valence-electron chi connectivity index (χ1n) is 6.14. The molecule has 0 fully saturated rings. The van der Waals surface area contributed by atoms with Gasteiger partial charge in [0.15, 0.2) is 0 Å². The highest BCUT2D eigenvalue weighted by Crippen LogP contribution is 2.18. The third-order valence-electron chi connectivity index (χ3n) is 2.81. The van der Waals surface area contributed by atoms with Crippen molar-refractivity contribution in [2.75, 3.05) is 4.72 Å². The Kier molecular flexibility index (Phi) is 3.90. The summed E-state index contributed by atoms with van der Waals surface area (Å²) in [6.07, 6.45) is 4.45. The average molecular weight is 380 g/mol. The molecule has 0 atom stereocenters. The number of nitrogens with zero attached hydrogens (tertiary/aromatic N) is 4. The Morgan fingerprint density at radius 3 is 2.27 bits per heavy atom. The summed E-state index contributed by atoms with van der Waals surface area (Å²) in [4.78, 5) is 4.34. The lowest BCUT2D eigenvalue weighted by Crippen LogP contribution is -2.13. The number of halogens is 1. The molecule has 3 rings (SSSR count). The summed E-state index contributed by atoms with van der Waals surface area (Å²) in [5.74, 6) is 0.594. The van der Waals surface area contributed by atoms with Gasteiger partial charge < -0.3 is 0 Å². The van der Waals surface area contributed by atoms with Crippen LogP contribution in [0.5, 0.6) is 0 Å². The fourth-order valence-corrected chi connectivity index (χ4v) is 3.05. The van der Waals surface area contributed by atoms with E-state index < -0.39 is 10.0 Å². The van der Waals surface area contributed by atoms with Crippen LogP contribution in [0.15, 0.2) is 64.6 Å². The molecule has 0 bridgehead atoms. The smallest absolute Gasteiger partial charge is 0.261 e. The lowest BCUT2D eigenvalue weighted by Gasteiger charge is -2.08. The molecule has 0 aliphatic rings. The van der Waals surface area contributed by atoms with Crippen LogP contribution in [0.4, 0.5) is 5.69 Å². The summed E-state index contributed by atoms with van der Waals surface area (Å²) in [6.45, 7) is 0. The Morgan fingerprint density at radius 2 is 1.68 bits per heavy atom. The monoisotopic (exact) mass is 379 g/mol. The summed E-state index contributed by atoms with van der Waals surface area (Å²) in [5, 5.41) is 7.37. The summed E-state index contributed by atoms with van der Waals surface area (Å²) in [7, 11) is -3.64. The van der Waals surface area contributed by atoms with E-state index in [0.717, 1.165) is 4.47 Å². The van der Waals surface area contributed by atoms with Crippen molar-refractivity contribution in [3.05, 3.63) is 59.7 Å². The number of anilines is 1. The minimum Gasteiger partial charge on any atom is -0.278 e. The van der Waals surface area contributed by atoms with E-state index in [0.29, 0.717) is 11.5 Å². The molecule has 22 heavy (non-hydrogen) atoms. The Labute approximate surface area is 135 Å². The highest BCUT2D eigenvalue weighted by atomic mass is 79.9. The van der Waals surface area contributed by atoms with Crippen molar-refractivity contribution in [2.45, 2.75) is 4.90 Å². The summed E-state index contributed by atoms with van der Waals surface area (Å²) >= 11 is 3.27. The van der Waals surface area contributed by atoms with Crippen LogP contribution in [0.25, 0.3) is 5.82 Å². The van der Waals surface area contributed by atoms with Gasteiger partial charge in [0, 0.05) is 4.47 Å². The molecular weight excluding hydrogens is 370 g/mol. The first kappa shape index (κ1) is 14.7. The SMILES string of the molecule is O=S(=O)(Nc1ccc(-n2cnnc2)nc1)c1ccc(Br)cc1. The molecule has 7 nitrogen and oxygen atoms in total. The quantitative estimate of drug-likeness (QED) is 0.750. The zero-order chi connectivity index (χ0) is 15.6. The number of sulfonamides is 1. The molecule has 112 valence electrons. The number of aromatic nitrogens is 4. The fourth-order valence-electron chi connectivity index (χ4n) is 1.75. The van der Waals surface area contributed by atoms with Crippen LogP contribution in [0.3, 0.4) is 0 Å². The highest BCUT2D eigenvalue weighted by Gasteiger charge is 2.14. The molecule has 2 heterocycles. The third kappa shape index (κ3) is 3.15. The number of hydrogen-bond donors (Lipinski definition) is 1. The number of pyridine rings is 1. The van der Waals surface area contributed by atoms with Crippen molar-refractivity contribution in [3.8, 4) is 5.82 Å². The molecule has 2 aromatic heterocycles. The molecule has 0 saturated carbocycles. The van der Waals surface area contributed by atoms with Gasteiger partial charge in [0.25, 0.3) is 10.0 Å². The van der Waals surface area contributed by atoms with E-state index in [1.807, 2.05) is 0 Å². The highest BCUT2D eigenvalue weighted by molar-refractivity contribution is 9.10. The maximum atomic E-state index is 12.2. The normalized spacial score (nSPS) is 11.3. The summed E-state index contributed by atoms with van der Waals surface area (Å²) in [6, 6.07) is 9.67. The second-order valence-corrected chi connectivity index (χ2v) is 6.93.